The Balaban J connectivity index is 2.01. The van der Waals surface area contributed by atoms with Crippen LogP contribution in [0.5, 0.6) is 0 Å². The third-order valence-corrected chi connectivity index (χ3v) is 2.67. The van der Waals surface area contributed by atoms with Crippen LogP contribution in [0, 0.1) is 0 Å². The van der Waals surface area contributed by atoms with Crippen LogP contribution in [0.25, 0.3) is 0 Å². The normalized spacial score (nSPS) is 20.1. The van der Waals surface area contributed by atoms with Crippen LogP contribution in [-0.4, -0.2) is 21.4 Å². The summed E-state index contributed by atoms with van der Waals surface area (Å²) in [6.07, 6.45) is 4.93. The monoisotopic (exact) mass is 196 g/mol. The van der Waals surface area contributed by atoms with Gasteiger partial charge in [0.1, 0.15) is 0 Å². The van der Waals surface area contributed by atoms with E-state index in [1.54, 1.807) is 6.92 Å². The Labute approximate surface area is 83.3 Å². The maximum Gasteiger partial charge on any atom is 0.229 e. The van der Waals surface area contributed by atoms with Crippen LogP contribution in [-0.2, 0) is 6.42 Å². The molecule has 1 aromatic heterocycles. The fraction of sp³-hybridized carbons (Fsp3) is 0.800. The third-order valence-electron chi connectivity index (χ3n) is 2.67. The molecule has 78 valence electrons. The van der Waals surface area contributed by atoms with Crippen molar-refractivity contribution in [2.45, 2.75) is 51.0 Å². The molecule has 1 saturated carbocycles. The zero-order valence-electron chi connectivity index (χ0n) is 8.44. The van der Waals surface area contributed by atoms with Gasteiger partial charge in [-0.3, -0.25) is 0 Å². The van der Waals surface area contributed by atoms with E-state index in [0.717, 1.165) is 18.7 Å². The predicted molar refractivity (Wildman–Crippen MR) is 50.9 cm³/mol. The zero-order chi connectivity index (χ0) is 9.97. The van der Waals surface area contributed by atoms with Gasteiger partial charge < -0.3 is 9.63 Å². The summed E-state index contributed by atoms with van der Waals surface area (Å²) in [6, 6.07) is 0. The van der Waals surface area contributed by atoms with Crippen molar-refractivity contribution >= 4 is 0 Å². The standard InChI is InChI=1S/C10H16N2O2/c1-7(13)6-9-11-10(14-12-9)8-4-2-3-5-8/h7-8,13H,2-6H2,1H3. The lowest BCUT2D eigenvalue weighted by Gasteiger charge is -1.99. The van der Waals surface area contributed by atoms with Crippen molar-refractivity contribution in [3.8, 4) is 0 Å². The smallest absolute Gasteiger partial charge is 0.229 e. The molecule has 1 unspecified atom stereocenters. The highest BCUT2D eigenvalue weighted by Gasteiger charge is 2.22. The minimum Gasteiger partial charge on any atom is -0.393 e. The molecule has 0 amide bonds. The average molecular weight is 196 g/mol. The van der Waals surface area contributed by atoms with Crippen molar-refractivity contribution in [3.05, 3.63) is 11.7 Å². The topological polar surface area (TPSA) is 59.2 Å². The molecule has 1 aromatic rings. The van der Waals surface area contributed by atoms with Gasteiger partial charge in [-0.2, -0.15) is 4.98 Å². The van der Waals surface area contributed by atoms with E-state index in [1.807, 2.05) is 0 Å². The summed E-state index contributed by atoms with van der Waals surface area (Å²) >= 11 is 0. The fourth-order valence-corrected chi connectivity index (χ4v) is 1.95. The van der Waals surface area contributed by atoms with Gasteiger partial charge in [-0.25, -0.2) is 0 Å². The van der Waals surface area contributed by atoms with Crippen molar-refractivity contribution in [1.82, 2.24) is 10.1 Å². The van der Waals surface area contributed by atoms with Crippen molar-refractivity contribution in [1.29, 1.82) is 0 Å². The van der Waals surface area contributed by atoms with E-state index in [9.17, 15) is 0 Å². The molecule has 0 saturated heterocycles. The minimum atomic E-state index is -0.399. The number of rotatable bonds is 3. The van der Waals surface area contributed by atoms with Crippen LogP contribution in [0.3, 0.4) is 0 Å². The Morgan fingerprint density at radius 3 is 2.86 bits per heavy atom. The Morgan fingerprint density at radius 2 is 2.21 bits per heavy atom. The largest absolute Gasteiger partial charge is 0.393 e. The molecule has 0 radical (unpaired) electrons. The molecule has 1 atom stereocenters. The highest BCUT2D eigenvalue weighted by atomic mass is 16.5. The van der Waals surface area contributed by atoms with E-state index in [4.69, 9.17) is 9.63 Å². The van der Waals surface area contributed by atoms with E-state index < -0.39 is 6.10 Å². The molecular weight excluding hydrogens is 180 g/mol. The van der Waals surface area contributed by atoms with Crippen LogP contribution in [0.15, 0.2) is 4.52 Å². The number of aliphatic hydroxyl groups is 1. The molecule has 4 heteroatoms. The molecule has 1 heterocycles. The quantitative estimate of drug-likeness (QED) is 0.798. The van der Waals surface area contributed by atoms with Gasteiger partial charge in [-0.05, 0) is 19.8 Å². The summed E-state index contributed by atoms with van der Waals surface area (Å²) in [4.78, 5) is 4.29. The van der Waals surface area contributed by atoms with Crippen molar-refractivity contribution in [2.24, 2.45) is 0 Å². The molecule has 2 rings (SSSR count). The summed E-state index contributed by atoms with van der Waals surface area (Å²) in [5.74, 6) is 1.85. The average Bonchev–Trinajstić information content (AvgIpc) is 2.69. The van der Waals surface area contributed by atoms with Gasteiger partial charge in [0.05, 0.1) is 6.10 Å². The Hall–Kier alpha value is -0.900. The van der Waals surface area contributed by atoms with Gasteiger partial charge in [-0.1, -0.05) is 18.0 Å². The van der Waals surface area contributed by atoms with Crippen LogP contribution in [0.4, 0.5) is 0 Å². The van der Waals surface area contributed by atoms with E-state index >= 15 is 0 Å². The first-order valence-electron chi connectivity index (χ1n) is 5.26. The second-order valence-electron chi connectivity index (χ2n) is 4.08. The Bertz CT molecular complexity index is 290. The van der Waals surface area contributed by atoms with E-state index in [0.29, 0.717) is 18.2 Å². The maximum absolute atomic E-state index is 9.16. The molecule has 4 nitrogen and oxygen atoms in total. The van der Waals surface area contributed by atoms with Gasteiger partial charge in [0.15, 0.2) is 5.82 Å². The van der Waals surface area contributed by atoms with Crippen molar-refractivity contribution in [3.63, 3.8) is 0 Å². The lowest BCUT2D eigenvalue weighted by molar-refractivity contribution is 0.191. The maximum atomic E-state index is 9.16. The molecule has 1 aliphatic rings. The summed E-state index contributed by atoms with van der Waals surface area (Å²) in [6.45, 7) is 1.73. The predicted octanol–water partition coefficient (Wildman–Crippen LogP) is 1.65. The number of aromatic nitrogens is 2. The van der Waals surface area contributed by atoms with E-state index in [2.05, 4.69) is 10.1 Å². The highest BCUT2D eigenvalue weighted by Crippen LogP contribution is 2.32. The SMILES string of the molecule is CC(O)Cc1noc(C2CCCC2)n1. The van der Waals surface area contributed by atoms with E-state index in [-0.39, 0.29) is 0 Å². The van der Waals surface area contributed by atoms with Crippen molar-refractivity contribution in [2.75, 3.05) is 0 Å². The minimum absolute atomic E-state index is 0.399. The summed E-state index contributed by atoms with van der Waals surface area (Å²) in [7, 11) is 0. The van der Waals surface area contributed by atoms with Gasteiger partial charge in [0.2, 0.25) is 5.89 Å². The van der Waals surface area contributed by atoms with E-state index in [1.165, 1.54) is 12.8 Å². The van der Waals surface area contributed by atoms with Crippen LogP contribution >= 0.6 is 0 Å². The lowest BCUT2D eigenvalue weighted by atomic mass is 10.1. The molecule has 14 heavy (non-hydrogen) atoms. The zero-order valence-corrected chi connectivity index (χ0v) is 8.44. The van der Waals surface area contributed by atoms with Gasteiger partial charge >= 0.3 is 0 Å². The van der Waals surface area contributed by atoms with Gasteiger partial charge in [-0.15, -0.1) is 0 Å². The summed E-state index contributed by atoms with van der Waals surface area (Å²) < 4.78 is 5.18. The molecule has 1 aliphatic carbocycles. The fourth-order valence-electron chi connectivity index (χ4n) is 1.95. The molecule has 0 spiro atoms. The first-order chi connectivity index (χ1) is 6.75. The second kappa shape index (κ2) is 4.09. The van der Waals surface area contributed by atoms with Crippen LogP contribution < -0.4 is 0 Å². The molecule has 0 aromatic carbocycles. The van der Waals surface area contributed by atoms with Gasteiger partial charge in [0, 0.05) is 12.3 Å². The first kappa shape index (κ1) is 9.65. The first-order valence-corrected chi connectivity index (χ1v) is 5.26. The molecule has 0 bridgehead atoms. The Morgan fingerprint density at radius 1 is 1.50 bits per heavy atom. The van der Waals surface area contributed by atoms with Gasteiger partial charge in [0.25, 0.3) is 0 Å². The molecule has 1 N–H and O–H groups in total. The molecule has 1 fully saturated rings. The number of hydrogen-bond donors (Lipinski definition) is 1. The molecule has 0 aliphatic heterocycles. The summed E-state index contributed by atoms with van der Waals surface area (Å²) in [5.41, 5.74) is 0. The second-order valence-corrected chi connectivity index (χ2v) is 4.08. The van der Waals surface area contributed by atoms with Crippen LogP contribution in [0.2, 0.25) is 0 Å². The summed E-state index contributed by atoms with van der Waals surface area (Å²) in [5, 5.41) is 13.0. The van der Waals surface area contributed by atoms with Crippen molar-refractivity contribution < 1.29 is 9.63 Å². The Kier molecular flexibility index (Phi) is 2.82. The highest BCUT2D eigenvalue weighted by molar-refractivity contribution is 4.96. The number of nitrogens with zero attached hydrogens (tertiary/aromatic N) is 2. The number of aliphatic hydroxyl groups excluding tert-OH is 1. The number of hydrogen-bond acceptors (Lipinski definition) is 4. The third kappa shape index (κ3) is 2.12. The van der Waals surface area contributed by atoms with Crippen LogP contribution in [0.1, 0.15) is 50.2 Å². The molecular formula is C10H16N2O2. The lowest BCUT2D eigenvalue weighted by Crippen LogP contribution is -2.05.